The van der Waals surface area contributed by atoms with Crippen LogP contribution in [-0.4, -0.2) is 21.2 Å². The van der Waals surface area contributed by atoms with Crippen LogP contribution in [0.15, 0.2) is 32.6 Å². The van der Waals surface area contributed by atoms with E-state index in [1.54, 1.807) is 16.7 Å². The highest BCUT2D eigenvalue weighted by Crippen LogP contribution is 2.20. The third-order valence-corrected chi connectivity index (χ3v) is 4.70. The van der Waals surface area contributed by atoms with Gasteiger partial charge in [0.15, 0.2) is 5.16 Å². The topological polar surface area (TPSA) is 78.0 Å². The van der Waals surface area contributed by atoms with Crippen LogP contribution in [0.25, 0.3) is 10.9 Å². The predicted octanol–water partition coefficient (Wildman–Crippen LogP) is 2.93. The lowest BCUT2D eigenvalue weighted by Gasteiger charge is -2.12. The van der Waals surface area contributed by atoms with Gasteiger partial charge in [-0.2, -0.15) is 0 Å². The molecule has 0 saturated carbocycles. The van der Waals surface area contributed by atoms with Crippen molar-refractivity contribution in [2.24, 2.45) is 5.73 Å². The zero-order chi connectivity index (χ0) is 16.1. The van der Waals surface area contributed by atoms with Gasteiger partial charge in [-0.25, -0.2) is 4.98 Å². The summed E-state index contributed by atoms with van der Waals surface area (Å²) in [4.78, 5) is 28.3. The van der Waals surface area contributed by atoms with Gasteiger partial charge in [-0.05, 0) is 24.6 Å². The summed E-state index contributed by atoms with van der Waals surface area (Å²) in [6.45, 7) is 2.71. The maximum atomic E-state index is 12.7. The smallest absolute Gasteiger partial charge is 0.262 e. The van der Waals surface area contributed by atoms with Crippen LogP contribution in [0.3, 0.4) is 0 Å². The van der Waals surface area contributed by atoms with E-state index in [-0.39, 0.29) is 11.3 Å². The number of benzene rings is 1. The van der Waals surface area contributed by atoms with Crippen molar-refractivity contribution in [3.8, 4) is 0 Å². The average molecular weight is 384 g/mol. The fourth-order valence-corrected chi connectivity index (χ4v) is 3.26. The first kappa shape index (κ1) is 17.0. The van der Waals surface area contributed by atoms with E-state index in [4.69, 9.17) is 5.73 Å². The lowest BCUT2D eigenvalue weighted by atomic mass is 10.2. The van der Waals surface area contributed by atoms with E-state index in [2.05, 4.69) is 27.8 Å². The van der Waals surface area contributed by atoms with E-state index in [0.29, 0.717) is 22.6 Å². The summed E-state index contributed by atoms with van der Waals surface area (Å²) in [6.07, 6.45) is 3.02. The van der Waals surface area contributed by atoms with E-state index in [1.807, 2.05) is 6.07 Å². The average Bonchev–Trinajstić information content (AvgIpc) is 2.48. The number of nitrogens with two attached hydrogens (primary N) is 1. The van der Waals surface area contributed by atoms with Gasteiger partial charge < -0.3 is 5.73 Å². The molecule has 2 aromatic rings. The molecule has 1 heterocycles. The highest BCUT2D eigenvalue weighted by Gasteiger charge is 2.12. The Bertz CT molecular complexity index is 745. The molecule has 2 rings (SSSR count). The maximum absolute atomic E-state index is 12.7. The number of carbonyl (C=O) groups excluding carboxylic acids is 1. The van der Waals surface area contributed by atoms with Crippen molar-refractivity contribution >= 4 is 44.5 Å². The number of hydrogen-bond donors (Lipinski definition) is 1. The number of primary amides is 1. The molecule has 0 saturated heterocycles. The maximum Gasteiger partial charge on any atom is 0.262 e. The summed E-state index contributed by atoms with van der Waals surface area (Å²) in [7, 11) is 0. The molecule has 0 fully saturated rings. The Morgan fingerprint density at radius 1 is 1.41 bits per heavy atom. The Morgan fingerprint density at radius 3 is 2.86 bits per heavy atom. The summed E-state index contributed by atoms with van der Waals surface area (Å²) in [5, 5.41) is 1.13. The first-order chi connectivity index (χ1) is 10.5. The largest absolute Gasteiger partial charge is 0.369 e. The van der Waals surface area contributed by atoms with Crippen molar-refractivity contribution in [2.75, 3.05) is 5.75 Å². The molecule has 1 amide bonds. The first-order valence-corrected chi connectivity index (χ1v) is 8.92. The fraction of sp³-hybridized carbons (Fsp3) is 0.400. The normalized spacial score (nSPS) is 11.0. The lowest BCUT2D eigenvalue weighted by Crippen LogP contribution is -2.24. The van der Waals surface area contributed by atoms with Gasteiger partial charge in [-0.3, -0.25) is 14.2 Å². The Kier molecular flexibility index (Phi) is 6.02. The quantitative estimate of drug-likeness (QED) is 0.452. The first-order valence-electron chi connectivity index (χ1n) is 7.14. The van der Waals surface area contributed by atoms with Gasteiger partial charge >= 0.3 is 0 Å². The third kappa shape index (κ3) is 4.10. The number of rotatable bonds is 7. The van der Waals surface area contributed by atoms with Gasteiger partial charge in [0.25, 0.3) is 5.56 Å². The molecule has 0 aliphatic rings. The second-order valence-corrected chi connectivity index (χ2v) is 6.83. The van der Waals surface area contributed by atoms with Crippen molar-refractivity contribution in [2.45, 2.75) is 37.9 Å². The van der Waals surface area contributed by atoms with Gasteiger partial charge in [0.2, 0.25) is 5.91 Å². The molecule has 7 heteroatoms. The van der Waals surface area contributed by atoms with Gasteiger partial charge in [0.05, 0.1) is 16.7 Å². The van der Waals surface area contributed by atoms with E-state index < -0.39 is 5.91 Å². The molecule has 1 aromatic heterocycles. The molecule has 0 bridgehead atoms. The predicted molar refractivity (Wildman–Crippen MR) is 93.1 cm³/mol. The zero-order valence-electron chi connectivity index (χ0n) is 12.3. The zero-order valence-corrected chi connectivity index (χ0v) is 14.7. The molecule has 0 unspecified atom stereocenters. The SMILES string of the molecule is CCCCCn1c(SCC(N)=O)nc2ccc(Br)cc2c1=O. The number of hydrogen-bond acceptors (Lipinski definition) is 4. The summed E-state index contributed by atoms with van der Waals surface area (Å²) in [6, 6.07) is 5.42. The molecule has 1 aromatic carbocycles. The van der Waals surface area contributed by atoms with E-state index in [9.17, 15) is 9.59 Å². The number of aromatic nitrogens is 2. The highest BCUT2D eigenvalue weighted by atomic mass is 79.9. The number of amides is 1. The van der Waals surface area contributed by atoms with Gasteiger partial charge in [0.1, 0.15) is 0 Å². The molecule has 0 atom stereocenters. The van der Waals surface area contributed by atoms with Crippen LogP contribution in [0.1, 0.15) is 26.2 Å². The number of nitrogens with zero attached hydrogens (tertiary/aromatic N) is 2. The molecular weight excluding hydrogens is 366 g/mol. The second-order valence-electron chi connectivity index (χ2n) is 4.97. The van der Waals surface area contributed by atoms with Crippen LogP contribution >= 0.6 is 27.7 Å². The standard InChI is InChI=1S/C15H18BrN3O2S/c1-2-3-4-7-19-14(21)11-8-10(16)5-6-12(11)18-15(19)22-9-13(17)20/h5-6,8H,2-4,7,9H2,1H3,(H2,17,20). The third-order valence-electron chi connectivity index (χ3n) is 3.21. The Balaban J connectivity index is 2.48. The van der Waals surface area contributed by atoms with Crippen molar-refractivity contribution < 1.29 is 4.79 Å². The van der Waals surface area contributed by atoms with Crippen LogP contribution in [-0.2, 0) is 11.3 Å². The van der Waals surface area contributed by atoms with Gasteiger partial charge in [-0.15, -0.1) is 0 Å². The van der Waals surface area contributed by atoms with Crippen LogP contribution in [0, 0.1) is 0 Å². The minimum atomic E-state index is -0.421. The van der Waals surface area contributed by atoms with Gasteiger partial charge in [0, 0.05) is 11.0 Å². The Morgan fingerprint density at radius 2 is 2.18 bits per heavy atom. The van der Waals surface area contributed by atoms with Crippen molar-refractivity contribution in [3.63, 3.8) is 0 Å². The molecule has 0 aliphatic carbocycles. The summed E-state index contributed by atoms with van der Waals surface area (Å²) in [5.74, 6) is -0.308. The number of unbranched alkanes of at least 4 members (excludes halogenated alkanes) is 2. The van der Waals surface area contributed by atoms with E-state index in [0.717, 1.165) is 23.7 Å². The number of carbonyl (C=O) groups is 1. The van der Waals surface area contributed by atoms with Crippen molar-refractivity contribution in [1.82, 2.24) is 9.55 Å². The number of thioether (sulfide) groups is 1. The number of fused-ring (bicyclic) bond motifs is 1. The molecule has 22 heavy (non-hydrogen) atoms. The molecule has 118 valence electrons. The summed E-state index contributed by atoms with van der Waals surface area (Å²) >= 11 is 4.59. The molecular formula is C15H18BrN3O2S. The minimum absolute atomic E-state index is 0.0747. The molecule has 0 spiro atoms. The summed E-state index contributed by atoms with van der Waals surface area (Å²) < 4.78 is 2.49. The second kappa shape index (κ2) is 7.78. The van der Waals surface area contributed by atoms with E-state index >= 15 is 0 Å². The molecule has 0 radical (unpaired) electrons. The van der Waals surface area contributed by atoms with Crippen LogP contribution in [0.4, 0.5) is 0 Å². The highest BCUT2D eigenvalue weighted by molar-refractivity contribution is 9.10. The lowest BCUT2D eigenvalue weighted by molar-refractivity contribution is -0.115. The molecule has 5 nitrogen and oxygen atoms in total. The van der Waals surface area contributed by atoms with Crippen molar-refractivity contribution in [1.29, 1.82) is 0 Å². The summed E-state index contributed by atoms with van der Waals surface area (Å²) in [5.41, 5.74) is 5.76. The van der Waals surface area contributed by atoms with Crippen LogP contribution in [0.5, 0.6) is 0 Å². The number of halogens is 1. The fourth-order valence-electron chi connectivity index (χ4n) is 2.14. The van der Waals surface area contributed by atoms with Crippen molar-refractivity contribution in [3.05, 3.63) is 33.0 Å². The minimum Gasteiger partial charge on any atom is -0.369 e. The molecule has 2 N–H and O–H groups in total. The Hall–Kier alpha value is -1.34. The van der Waals surface area contributed by atoms with Crippen LogP contribution < -0.4 is 11.3 Å². The van der Waals surface area contributed by atoms with Gasteiger partial charge in [-0.1, -0.05) is 47.5 Å². The van der Waals surface area contributed by atoms with E-state index in [1.165, 1.54) is 11.8 Å². The Labute approximate surface area is 141 Å². The van der Waals surface area contributed by atoms with Crippen LogP contribution in [0.2, 0.25) is 0 Å². The monoisotopic (exact) mass is 383 g/mol. The molecule has 0 aliphatic heterocycles.